The molecule has 9 nitrogen and oxygen atoms in total. The predicted octanol–water partition coefficient (Wildman–Crippen LogP) is -0.00380. The van der Waals surface area contributed by atoms with E-state index in [1.807, 2.05) is 0 Å². The van der Waals surface area contributed by atoms with Crippen LogP contribution >= 0.6 is 0 Å². The summed E-state index contributed by atoms with van der Waals surface area (Å²) in [6.45, 7) is 3.37. The van der Waals surface area contributed by atoms with Crippen molar-refractivity contribution in [1.82, 2.24) is 0 Å². The van der Waals surface area contributed by atoms with Gasteiger partial charge in [0.15, 0.2) is 0 Å². The van der Waals surface area contributed by atoms with E-state index in [1.165, 1.54) is 20.8 Å². The molecule has 2 aliphatic rings. The first-order chi connectivity index (χ1) is 11.7. The van der Waals surface area contributed by atoms with Gasteiger partial charge in [-0.25, -0.2) is 0 Å². The van der Waals surface area contributed by atoms with Crippen LogP contribution in [0.5, 0.6) is 0 Å². The molecule has 0 aromatic rings. The van der Waals surface area contributed by atoms with Crippen LogP contribution in [0.3, 0.4) is 0 Å². The summed E-state index contributed by atoms with van der Waals surface area (Å²) in [5.41, 5.74) is 0. The first-order valence-electron chi connectivity index (χ1n) is 7.90. The van der Waals surface area contributed by atoms with Crippen molar-refractivity contribution in [2.45, 2.75) is 33.3 Å². The molecular formula is C16H20O9. The lowest BCUT2D eigenvalue weighted by Gasteiger charge is -2.39. The third kappa shape index (κ3) is 4.34. The normalized spacial score (nSPS) is 30.9. The molecule has 5 atom stereocenters. The summed E-state index contributed by atoms with van der Waals surface area (Å²) in [7, 11) is 0. The van der Waals surface area contributed by atoms with Gasteiger partial charge in [0.05, 0.1) is 25.0 Å². The molecule has 0 unspecified atom stereocenters. The quantitative estimate of drug-likeness (QED) is 0.380. The maximum Gasteiger partial charge on any atom is 0.318 e. The van der Waals surface area contributed by atoms with Gasteiger partial charge >= 0.3 is 29.8 Å². The van der Waals surface area contributed by atoms with Gasteiger partial charge in [0.2, 0.25) is 0 Å². The zero-order valence-corrected chi connectivity index (χ0v) is 14.2. The smallest absolute Gasteiger partial charge is 0.318 e. The first kappa shape index (κ1) is 18.9. The summed E-state index contributed by atoms with van der Waals surface area (Å²) in [5.74, 6) is -6.11. The van der Waals surface area contributed by atoms with Gasteiger partial charge in [0, 0.05) is 32.6 Å². The maximum absolute atomic E-state index is 12.2. The van der Waals surface area contributed by atoms with Crippen LogP contribution in [0, 0.1) is 23.7 Å². The maximum atomic E-state index is 12.2. The Balaban J connectivity index is 2.29. The van der Waals surface area contributed by atoms with E-state index in [1.54, 1.807) is 0 Å². The van der Waals surface area contributed by atoms with Gasteiger partial charge in [-0.2, -0.15) is 0 Å². The second-order valence-corrected chi connectivity index (χ2v) is 6.20. The highest BCUT2D eigenvalue weighted by Crippen LogP contribution is 2.45. The van der Waals surface area contributed by atoms with E-state index in [4.69, 9.17) is 18.9 Å². The minimum absolute atomic E-state index is 0.100. The number of hydrogen-bond acceptors (Lipinski definition) is 9. The molecule has 25 heavy (non-hydrogen) atoms. The third-order valence-electron chi connectivity index (χ3n) is 4.41. The zero-order chi connectivity index (χ0) is 18.7. The van der Waals surface area contributed by atoms with Crippen LogP contribution in [0.2, 0.25) is 0 Å². The fraction of sp³-hybridized carbons (Fsp3) is 0.688. The standard InChI is InChI=1S/C16H20O9/c1-7(17)22-5-10-4-12(24-9(3)19)11(6-23-8(2)18)14-13(10)15(20)25-16(14)21/h10-14H,4-6H2,1-3H3/t10-,11-,12-,13+,14-/m0/s1. The minimum atomic E-state index is -0.925. The number of ether oxygens (including phenoxy) is 4. The first-order valence-corrected chi connectivity index (χ1v) is 7.90. The lowest BCUT2D eigenvalue weighted by Crippen LogP contribution is -2.49. The van der Waals surface area contributed by atoms with Crippen molar-refractivity contribution >= 4 is 29.8 Å². The highest BCUT2D eigenvalue weighted by Gasteiger charge is 2.58. The van der Waals surface area contributed by atoms with Crippen LogP contribution in [0.4, 0.5) is 0 Å². The number of cyclic esters (lactones) is 2. The van der Waals surface area contributed by atoms with Crippen LogP contribution in [-0.4, -0.2) is 49.2 Å². The topological polar surface area (TPSA) is 122 Å². The van der Waals surface area contributed by atoms with Gasteiger partial charge in [-0.15, -0.1) is 0 Å². The van der Waals surface area contributed by atoms with Crippen molar-refractivity contribution in [2.75, 3.05) is 13.2 Å². The Labute approximate surface area is 143 Å². The zero-order valence-electron chi connectivity index (χ0n) is 14.2. The van der Waals surface area contributed by atoms with E-state index >= 15 is 0 Å². The summed E-state index contributed by atoms with van der Waals surface area (Å²) in [4.78, 5) is 57.9. The van der Waals surface area contributed by atoms with E-state index in [0.29, 0.717) is 0 Å². The highest BCUT2D eigenvalue weighted by atomic mass is 16.6. The number of carbonyl (C=O) groups is 5. The molecule has 2 rings (SSSR count). The van der Waals surface area contributed by atoms with Gasteiger partial charge in [-0.1, -0.05) is 0 Å². The molecule has 1 aliphatic carbocycles. The summed E-state index contributed by atoms with van der Waals surface area (Å²) in [5, 5.41) is 0. The Hall–Kier alpha value is -2.45. The Morgan fingerprint density at radius 2 is 1.48 bits per heavy atom. The monoisotopic (exact) mass is 356 g/mol. The van der Waals surface area contributed by atoms with Crippen molar-refractivity contribution in [3.63, 3.8) is 0 Å². The average molecular weight is 356 g/mol. The minimum Gasteiger partial charge on any atom is -0.466 e. The molecule has 0 spiro atoms. The molecule has 1 heterocycles. The molecule has 1 aliphatic heterocycles. The van der Waals surface area contributed by atoms with Gasteiger partial charge in [0.25, 0.3) is 0 Å². The molecule has 138 valence electrons. The van der Waals surface area contributed by atoms with Crippen molar-refractivity contribution < 1.29 is 42.9 Å². The van der Waals surface area contributed by atoms with Crippen molar-refractivity contribution in [2.24, 2.45) is 23.7 Å². The van der Waals surface area contributed by atoms with Crippen molar-refractivity contribution in [1.29, 1.82) is 0 Å². The van der Waals surface area contributed by atoms with Gasteiger partial charge < -0.3 is 18.9 Å². The van der Waals surface area contributed by atoms with E-state index < -0.39 is 59.6 Å². The van der Waals surface area contributed by atoms with Gasteiger partial charge in [-0.05, 0) is 6.42 Å². The molecule has 0 aromatic carbocycles. The molecule has 0 aromatic heterocycles. The predicted molar refractivity (Wildman–Crippen MR) is 78.5 cm³/mol. The Morgan fingerprint density at radius 3 is 2.04 bits per heavy atom. The number of esters is 5. The molecule has 1 saturated carbocycles. The number of rotatable bonds is 5. The largest absolute Gasteiger partial charge is 0.466 e. The Morgan fingerprint density at radius 1 is 0.920 bits per heavy atom. The second kappa shape index (κ2) is 7.62. The van der Waals surface area contributed by atoms with Crippen LogP contribution in [0.1, 0.15) is 27.2 Å². The number of hydrogen-bond donors (Lipinski definition) is 0. The molecule has 0 amide bonds. The molecule has 9 heteroatoms. The van der Waals surface area contributed by atoms with Crippen molar-refractivity contribution in [3.05, 3.63) is 0 Å². The van der Waals surface area contributed by atoms with E-state index in [2.05, 4.69) is 0 Å². The molecule has 2 fully saturated rings. The van der Waals surface area contributed by atoms with Gasteiger partial charge in [-0.3, -0.25) is 24.0 Å². The van der Waals surface area contributed by atoms with Crippen LogP contribution < -0.4 is 0 Å². The fourth-order valence-electron chi connectivity index (χ4n) is 3.48. The summed E-state index contributed by atoms with van der Waals surface area (Å²) >= 11 is 0. The lowest BCUT2D eigenvalue weighted by atomic mass is 9.66. The molecule has 0 N–H and O–H groups in total. The number of fused-ring (bicyclic) bond motifs is 1. The van der Waals surface area contributed by atoms with Crippen LogP contribution in [-0.2, 0) is 42.9 Å². The highest BCUT2D eigenvalue weighted by molar-refractivity contribution is 5.97. The van der Waals surface area contributed by atoms with Crippen LogP contribution in [0.15, 0.2) is 0 Å². The lowest BCUT2D eigenvalue weighted by molar-refractivity contribution is -0.168. The molecule has 0 radical (unpaired) electrons. The average Bonchev–Trinajstić information content (AvgIpc) is 2.78. The Kier molecular flexibility index (Phi) is 5.76. The molecule has 0 bridgehead atoms. The number of carbonyl (C=O) groups excluding carboxylic acids is 5. The second-order valence-electron chi connectivity index (χ2n) is 6.20. The summed E-state index contributed by atoms with van der Waals surface area (Å²) < 4.78 is 20.0. The SMILES string of the molecule is CC(=O)OC[C@@H]1C[C@H](OC(C)=O)[C@H](COC(C)=O)[C@@H]2C(=O)OC(=O)[C@H]12. The van der Waals surface area contributed by atoms with E-state index in [9.17, 15) is 24.0 Å². The summed E-state index contributed by atoms with van der Waals surface area (Å²) in [6.07, 6.45) is -0.584. The third-order valence-corrected chi connectivity index (χ3v) is 4.41. The molecular weight excluding hydrogens is 336 g/mol. The van der Waals surface area contributed by atoms with E-state index in [0.717, 1.165) is 0 Å². The van der Waals surface area contributed by atoms with E-state index in [-0.39, 0.29) is 19.6 Å². The summed E-state index contributed by atoms with van der Waals surface area (Å²) in [6, 6.07) is 0. The molecule has 1 saturated heterocycles. The fourth-order valence-corrected chi connectivity index (χ4v) is 3.48. The Bertz CT molecular complexity index is 596. The van der Waals surface area contributed by atoms with Gasteiger partial charge in [0.1, 0.15) is 6.10 Å². The van der Waals surface area contributed by atoms with Crippen LogP contribution in [0.25, 0.3) is 0 Å². The van der Waals surface area contributed by atoms with Crippen molar-refractivity contribution in [3.8, 4) is 0 Å².